The van der Waals surface area contributed by atoms with Crippen molar-refractivity contribution in [2.75, 3.05) is 0 Å². The van der Waals surface area contributed by atoms with Crippen LogP contribution in [0.15, 0.2) is 24.3 Å². The molecule has 2 bridgehead atoms. The van der Waals surface area contributed by atoms with Crippen LogP contribution in [0, 0.1) is 17.8 Å². The van der Waals surface area contributed by atoms with Crippen molar-refractivity contribution in [3.05, 3.63) is 29.8 Å². The Morgan fingerprint density at radius 3 is 2.57 bits per heavy atom. The molecule has 0 aliphatic heterocycles. The van der Waals surface area contributed by atoms with E-state index in [9.17, 15) is 4.79 Å². The van der Waals surface area contributed by atoms with E-state index in [2.05, 4.69) is 26.0 Å². The standard InChI is InChI=1S/C19H26O2/c1-3-13(2)15-6-8-18(9-7-15)21-19(20)12-17-11-14-4-5-16(17)10-14/h6-9,13-14,16-17H,3-5,10-12H2,1-2H3. The van der Waals surface area contributed by atoms with E-state index in [1.54, 1.807) is 0 Å². The summed E-state index contributed by atoms with van der Waals surface area (Å²) < 4.78 is 5.51. The van der Waals surface area contributed by atoms with Crippen LogP contribution in [-0.4, -0.2) is 5.97 Å². The molecule has 2 fully saturated rings. The molecule has 2 aliphatic rings. The Kier molecular flexibility index (Phi) is 4.32. The molecule has 0 amide bonds. The molecule has 2 heteroatoms. The van der Waals surface area contributed by atoms with Gasteiger partial charge in [-0.15, -0.1) is 0 Å². The van der Waals surface area contributed by atoms with Crippen molar-refractivity contribution in [3.63, 3.8) is 0 Å². The molecule has 114 valence electrons. The number of hydrogen-bond acceptors (Lipinski definition) is 2. The average molecular weight is 286 g/mol. The molecule has 0 saturated heterocycles. The highest BCUT2D eigenvalue weighted by molar-refractivity contribution is 5.72. The largest absolute Gasteiger partial charge is 0.427 e. The first-order chi connectivity index (χ1) is 10.2. The van der Waals surface area contributed by atoms with Crippen molar-refractivity contribution < 1.29 is 9.53 Å². The first kappa shape index (κ1) is 14.6. The van der Waals surface area contributed by atoms with Crippen LogP contribution < -0.4 is 4.74 Å². The van der Waals surface area contributed by atoms with Crippen LogP contribution in [0.2, 0.25) is 0 Å². The Hall–Kier alpha value is -1.31. The van der Waals surface area contributed by atoms with Crippen LogP contribution >= 0.6 is 0 Å². The molecule has 2 nitrogen and oxygen atoms in total. The van der Waals surface area contributed by atoms with E-state index in [1.165, 1.54) is 31.2 Å². The van der Waals surface area contributed by atoms with Gasteiger partial charge >= 0.3 is 5.97 Å². The maximum Gasteiger partial charge on any atom is 0.311 e. The molecule has 2 saturated carbocycles. The maximum absolute atomic E-state index is 12.1. The molecular formula is C19H26O2. The average Bonchev–Trinajstić information content (AvgIpc) is 3.09. The van der Waals surface area contributed by atoms with E-state index < -0.39 is 0 Å². The van der Waals surface area contributed by atoms with E-state index in [0.717, 1.165) is 18.3 Å². The number of hydrogen-bond donors (Lipinski definition) is 0. The Labute approximate surface area is 127 Å². The smallest absolute Gasteiger partial charge is 0.311 e. The quantitative estimate of drug-likeness (QED) is 0.566. The minimum atomic E-state index is -0.0520. The Balaban J connectivity index is 1.52. The van der Waals surface area contributed by atoms with E-state index in [1.807, 2.05) is 12.1 Å². The maximum atomic E-state index is 12.1. The van der Waals surface area contributed by atoms with Crippen molar-refractivity contribution in [2.24, 2.45) is 17.8 Å². The Bertz CT molecular complexity index is 491. The highest BCUT2D eigenvalue weighted by atomic mass is 16.5. The molecule has 0 spiro atoms. The zero-order chi connectivity index (χ0) is 14.8. The van der Waals surface area contributed by atoms with Crippen LogP contribution in [0.1, 0.15) is 63.9 Å². The summed E-state index contributed by atoms with van der Waals surface area (Å²) in [5.74, 6) is 3.46. The first-order valence-electron chi connectivity index (χ1n) is 8.46. The van der Waals surface area contributed by atoms with Crippen molar-refractivity contribution >= 4 is 5.97 Å². The lowest BCUT2D eigenvalue weighted by Gasteiger charge is -2.20. The fourth-order valence-corrected chi connectivity index (χ4v) is 4.11. The summed E-state index contributed by atoms with van der Waals surface area (Å²) >= 11 is 0. The molecule has 4 atom stereocenters. The third-order valence-corrected chi connectivity index (χ3v) is 5.61. The Morgan fingerprint density at radius 2 is 2.00 bits per heavy atom. The lowest BCUT2D eigenvalue weighted by atomic mass is 9.86. The minimum absolute atomic E-state index is 0.0520. The van der Waals surface area contributed by atoms with Gasteiger partial charge in [-0.1, -0.05) is 32.4 Å². The fraction of sp³-hybridized carbons (Fsp3) is 0.632. The summed E-state index contributed by atoms with van der Waals surface area (Å²) in [6.07, 6.45) is 7.03. The molecule has 0 aromatic heterocycles. The number of ether oxygens (including phenoxy) is 1. The lowest BCUT2D eigenvalue weighted by molar-refractivity contribution is -0.135. The van der Waals surface area contributed by atoms with Gasteiger partial charge in [0.25, 0.3) is 0 Å². The highest BCUT2D eigenvalue weighted by Gasteiger charge is 2.40. The van der Waals surface area contributed by atoms with Crippen LogP contribution in [0.4, 0.5) is 0 Å². The first-order valence-corrected chi connectivity index (χ1v) is 8.46. The van der Waals surface area contributed by atoms with E-state index in [-0.39, 0.29) is 5.97 Å². The van der Waals surface area contributed by atoms with Crippen molar-refractivity contribution in [1.29, 1.82) is 0 Å². The SMILES string of the molecule is CCC(C)c1ccc(OC(=O)CC2CC3CCC2C3)cc1. The molecule has 4 unspecified atom stereocenters. The second kappa shape index (κ2) is 6.21. The number of esters is 1. The summed E-state index contributed by atoms with van der Waals surface area (Å²) in [7, 11) is 0. The summed E-state index contributed by atoms with van der Waals surface area (Å²) in [5, 5.41) is 0. The zero-order valence-electron chi connectivity index (χ0n) is 13.2. The lowest BCUT2D eigenvalue weighted by Crippen LogP contribution is -2.18. The van der Waals surface area contributed by atoms with Crippen LogP contribution in [-0.2, 0) is 4.79 Å². The summed E-state index contributed by atoms with van der Waals surface area (Å²) in [4.78, 5) is 12.1. The van der Waals surface area contributed by atoms with Gasteiger partial charge in [0.15, 0.2) is 0 Å². The topological polar surface area (TPSA) is 26.3 Å². The van der Waals surface area contributed by atoms with Crippen molar-refractivity contribution in [3.8, 4) is 5.75 Å². The number of carbonyl (C=O) groups is 1. The van der Waals surface area contributed by atoms with Crippen LogP contribution in [0.5, 0.6) is 5.75 Å². The van der Waals surface area contributed by atoms with E-state index >= 15 is 0 Å². The third kappa shape index (κ3) is 3.30. The van der Waals surface area contributed by atoms with Gasteiger partial charge in [-0.2, -0.15) is 0 Å². The molecule has 3 rings (SSSR count). The predicted octanol–water partition coefficient (Wildman–Crippen LogP) is 4.93. The molecular weight excluding hydrogens is 260 g/mol. The molecule has 21 heavy (non-hydrogen) atoms. The molecule has 0 heterocycles. The molecule has 1 aromatic rings. The molecule has 0 N–H and O–H groups in total. The third-order valence-electron chi connectivity index (χ3n) is 5.61. The molecule has 2 aliphatic carbocycles. The highest BCUT2D eigenvalue weighted by Crippen LogP contribution is 2.49. The van der Waals surface area contributed by atoms with Crippen LogP contribution in [0.25, 0.3) is 0 Å². The summed E-state index contributed by atoms with van der Waals surface area (Å²) in [6.45, 7) is 4.41. The number of fused-ring (bicyclic) bond motifs is 2. The number of carbonyl (C=O) groups excluding carboxylic acids is 1. The van der Waals surface area contributed by atoms with Gasteiger partial charge in [0, 0.05) is 6.42 Å². The van der Waals surface area contributed by atoms with Gasteiger partial charge in [0.2, 0.25) is 0 Å². The van der Waals surface area contributed by atoms with E-state index in [0.29, 0.717) is 24.0 Å². The normalized spacial score (nSPS) is 28.6. The monoisotopic (exact) mass is 286 g/mol. The van der Waals surface area contributed by atoms with Gasteiger partial charge in [0.05, 0.1) is 0 Å². The van der Waals surface area contributed by atoms with Gasteiger partial charge in [-0.3, -0.25) is 4.79 Å². The van der Waals surface area contributed by atoms with E-state index in [4.69, 9.17) is 4.74 Å². The van der Waals surface area contributed by atoms with Gasteiger partial charge < -0.3 is 4.74 Å². The zero-order valence-corrected chi connectivity index (χ0v) is 13.2. The second-order valence-corrected chi connectivity index (χ2v) is 6.99. The summed E-state index contributed by atoms with van der Waals surface area (Å²) in [6, 6.07) is 8.02. The molecule has 1 aromatic carbocycles. The van der Waals surface area contributed by atoms with Gasteiger partial charge in [-0.25, -0.2) is 0 Å². The van der Waals surface area contributed by atoms with Crippen molar-refractivity contribution in [1.82, 2.24) is 0 Å². The van der Waals surface area contributed by atoms with Crippen molar-refractivity contribution in [2.45, 2.75) is 58.3 Å². The fourth-order valence-electron chi connectivity index (χ4n) is 4.11. The minimum Gasteiger partial charge on any atom is -0.427 e. The van der Waals surface area contributed by atoms with Gasteiger partial charge in [-0.05, 0) is 67.1 Å². The predicted molar refractivity (Wildman–Crippen MR) is 84.3 cm³/mol. The van der Waals surface area contributed by atoms with Gasteiger partial charge in [0.1, 0.15) is 5.75 Å². The number of benzene rings is 1. The summed E-state index contributed by atoms with van der Waals surface area (Å²) in [5.41, 5.74) is 1.31. The second-order valence-electron chi connectivity index (χ2n) is 6.99. The van der Waals surface area contributed by atoms with Crippen LogP contribution in [0.3, 0.4) is 0 Å². The molecule has 0 radical (unpaired) electrons. The Morgan fingerprint density at radius 1 is 1.24 bits per heavy atom. The number of rotatable bonds is 5.